The van der Waals surface area contributed by atoms with E-state index in [1.807, 2.05) is 57.3 Å². The number of hydrogen-bond acceptors (Lipinski definition) is 5. The SMILES string of the molecule is [2H]OC(=O)[C@@H](N)Cc1ccc(Oc2cc(I)c(O)c(I)c2)c(I)c1. The summed E-state index contributed by atoms with van der Waals surface area (Å²) in [6.07, 6.45) is 0.281. The molecule has 0 bridgehead atoms. The predicted octanol–water partition coefficient (Wildman–Crippen LogP) is 3.95. The fourth-order valence-electron chi connectivity index (χ4n) is 1.82. The van der Waals surface area contributed by atoms with Crippen molar-refractivity contribution in [2.24, 2.45) is 5.73 Å². The Balaban J connectivity index is 2.17. The van der Waals surface area contributed by atoms with Crippen molar-refractivity contribution in [2.75, 3.05) is 0 Å². The molecule has 2 aromatic carbocycles. The number of nitrogens with two attached hydrogens (primary N) is 1. The first-order valence-corrected chi connectivity index (χ1v) is 9.62. The molecule has 0 spiro atoms. The van der Waals surface area contributed by atoms with E-state index in [1.54, 1.807) is 18.2 Å². The maximum absolute atomic E-state index is 11.2. The van der Waals surface area contributed by atoms with Crippen molar-refractivity contribution in [1.82, 2.24) is 0 Å². The molecule has 2 aromatic rings. The second-order valence-corrected chi connectivity index (χ2v) is 8.22. The Bertz CT molecular complexity index is 749. The Hall–Kier alpha value is -0.340. The van der Waals surface area contributed by atoms with Gasteiger partial charge in [0.15, 0.2) is 0 Å². The lowest BCUT2D eigenvalue weighted by Crippen LogP contribution is -2.32. The van der Waals surface area contributed by atoms with Gasteiger partial charge < -0.3 is 20.7 Å². The van der Waals surface area contributed by atoms with Crippen LogP contribution in [0, 0.1) is 10.7 Å². The number of aromatic hydroxyl groups is 1. The second-order valence-electron chi connectivity index (χ2n) is 4.73. The maximum atomic E-state index is 11.2. The third-order valence-electron chi connectivity index (χ3n) is 2.97. The number of rotatable bonds is 5. The minimum Gasteiger partial charge on any atom is -0.506 e. The summed E-state index contributed by atoms with van der Waals surface area (Å²) in [5.41, 5.74) is 6.51. The van der Waals surface area contributed by atoms with Crippen LogP contribution in [0.15, 0.2) is 30.3 Å². The number of phenolic OH excluding ortho intramolecular Hbond substituents is 1. The molecule has 0 amide bonds. The number of carbonyl (C=O) groups is 1. The molecule has 23 heavy (non-hydrogen) atoms. The van der Waals surface area contributed by atoms with Gasteiger partial charge in [-0.05, 0) is 104 Å². The fourth-order valence-corrected chi connectivity index (χ4v) is 4.22. The van der Waals surface area contributed by atoms with Crippen molar-refractivity contribution >= 4 is 73.7 Å². The third kappa shape index (κ3) is 5.06. The van der Waals surface area contributed by atoms with E-state index in [2.05, 4.69) is 27.7 Å². The van der Waals surface area contributed by atoms with E-state index in [4.69, 9.17) is 11.9 Å². The number of phenols is 1. The zero-order chi connectivity index (χ0) is 17.9. The molecule has 0 aliphatic heterocycles. The molecule has 4 N–H and O–H groups in total. The zero-order valence-corrected chi connectivity index (χ0v) is 18.0. The Labute approximate surface area is 175 Å². The molecular formula is C15H12I3NO4. The molecule has 0 fully saturated rings. The minimum absolute atomic E-state index is 0.240. The van der Waals surface area contributed by atoms with Crippen molar-refractivity contribution in [3.8, 4) is 17.2 Å². The van der Waals surface area contributed by atoms with Gasteiger partial charge in [-0.2, -0.15) is 0 Å². The molecule has 0 heterocycles. The summed E-state index contributed by atoms with van der Waals surface area (Å²) in [6, 6.07) is 8.10. The fraction of sp³-hybridized carbons (Fsp3) is 0.133. The molecule has 0 radical (unpaired) electrons. The topological polar surface area (TPSA) is 92.8 Å². The first-order chi connectivity index (χ1) is 11.3. The summed E-state index contributed by atoms with van der Waals surface area (Å²) in [7, 11) is 0. The highest BCUT2D eigenvalue weighted by Gasteiger charge is 2.14. The molecule has 0 saturated heterocycles. The van der Waals surface area contributed by atoms with Gasteiger partial charge in [0.25, 0.3) is 1.43 Å². The largest absolute Gasteiger partial charge is 0.506 e. The van der Waals surface area contributed by atoms with E-state index in [0.29, 0.717) is 18.6 Å². The summed E-state index contributed by atoms with van der Waals surface area (Å²) >= 11 is 6.23. The zero-order valence-electron chi connectivity index (χ0n) is 12.6. The highest BCUT2D eigenvalue weighted by atomic mass is 127. The van der Waals surface area contributed by atoms with Crippen LogP contribution in [-0.2, 0) is 11.2 Å². The first-order valence-electron chi connectivity index (χ1n) is 6.79. The molecule has 0 aromatic heterocycles. The van der Waals surface area contributed by atoms with Crippen molar-refractivity contribution in [3.05, 3.63) is 46.6 Å². The van der Waals surface area contributed by atoms with Crippen LogP contribution < -0.4 is 10.5 Å². The molecule has 0 unspecified atom stereocenters. The van der Waals surface area contributed by atoms with Crippen LogP contribution in [0.1, 0.15) is 5.56 Å². The standard InChI is InChI=1S/C15H12I3NO4/c16-9-3-7(4-12(19)15(21)22)1-2-13(9)23-8-5-10(17)14(20)11(18)6-8/h1-3,5-6,12,20H,4,19H2,(H,21,22)/t12-/m0/s1/i/hD. The number of halogens is 3. The van der Waals surface area contributed by atoms with E-state index >= 15 is 0 Å². The molecule has 0 aliphatic carbocycles. The van der Waals surface area contributed by atoms with Gasteiger partial charge in [0.05, 0.1) is 10.7 Å². The Morgan fingerprint density at radius 1 is 1.22 bits per heavy atom. The van der Waals surface area contributed by atoms with Gasteiger partial charge in [-0.25, -0.2) is 0 Å². The third-order valence-corrected chi connectivity index (χ3v) is 5.46. The van der Waals surface area contributed by atoms with E-state index < -0.39 is 12.0 Å². The summed E-state index contributed by atoms with van der Waals surface area (Å²) in [5, 5.41) is 13.7. The van der Waals surface area contributed by atoms with Gasteiger partial charge >= 0.3 is 5.97 Å². The second kappa shape index (κ2) is 8.16. The van der Waals surface area contributed by atoms with Crippen LogP contribution in [0.5, 0.6) is 17.2 Å². The van der Waals surface area contributed by atoms with Crippen LogP contribution >= 0.6 is 67.8 Å². The lowest BCUT2D eigenvalue weighted by atomic mass is 10.1. The van der Waals surface area contributed by atoms with Crippen LogP contribution in [-0.4, -0.2) is 22.2 Å². The molecule has 0 aliphatic rings. The number of carboxylic acid groups (broad SMARTS) is 1. The van der Waals surface area contributed by atoms with Gasteiger partial charge in [-0.15, -0.1) is 0 Å². The highest BCUT2D eigenvalue weighted by Crippen LogP contribution is 2.34. The normalized spacial score (nSPS) is 12.4. The summed E-state index contributed by atoms with van der Waals surface area (Å²) in [5.74, 6) is 0.762. The van der Waals surface area contributed by atoms with Gasteiger partial charge in [0.2, 0.25) is 0 Å². The molecule has 2 rings (SSSR count). The van der Waals surface area contributed by atoms with Gasteiger partial charge in [-0.1, -0.05) is 6.07 Å². The van der Waals surface area contributed by atoms with Gasteiger partial charge in [0, 0.05) is 0 Å². The average Bonchev–Trinajstić information content (AvgIpc) is 2.54. The summed E-state index contributed by atoms with van der Waals surface area (Å²) in [4.78, 5) is 11.2. The monoisotopic (exact) mass is 652 g/mol. The minimum atomic E-state index is -0.870. The molecule has 5 nitrogen and oxygen atoms in total. The summed E-state index contributed by atoms with van der Waals surface area (Å²) in [6.45, 7) is 0. The van der Waals surface area contributed by atoms with E-state index in [-0.39, 0.29) is 12.2 Å². The van der Waals surface area contributed by atoms with Crippen LogP contribution in [0.2, 0.25) is 0 Å². The molecular weight excluding hydrogens is 639 g/mol. The first kappa shape index (κ1) is 17.5. The number of carboxylic acids is 1. The Kier molecular flexibility index (Phi) is 6.20. The Morgan fingerprint density at radius 2 is 1.87 bits per heavy atom. The molecule has 1 atom stereocenters. The van der Waals surface area contributed by atoms with Gasteiger partial charge in [0.1, 0.15) is 23.3 Å². The van der Waals surface area contributed by atoms with Crippen LogP contribution in [0.4, 0.5) is 0 Å². The molecule has 0 saturated carbocycles. The highest BCUT2D eigenvalue weighted by molar-refractivity contribution is 14.1. The summed E-state index contributed by atoms with van der Waals surface area (Å²) < 4.78 is 14.7. The van der Waals surface area contributed by atoms with Crippen molar-refractivity contribution in [2.45, 2.75) is 12.5 Å². The van der Waals surface area contributed by atoms with Crippen molar-refractivity contribution < 1.29 is 19.7 Å². The van der Waals surface area contributed by atoms with E-state index in [0.717, 1.165) is 9.13 Å². The maximum Gasteiger partial charge on any atom is 0.320 e. The molecule has 8 heteroatoms. The quantitative estimate of drug-likeness (QED) is 0.426. The van der Waals surface area contributed by atoms with Crippen molar-refractivity contribution in [1.29, 1.82) is 1.43 Å². The molecule has 122 valence electrons. The number of benzene rings is 2. The number of ether oxygens (including phenoxy) is 1. The van der Waals surface area contributed by atoms with Crippen molar-refractivity contribution in [3.63, 3.8) is 0 Å². The van der Waals surface area contributed by atoms with E-state index in [9.17, 15) is 9.90 Å². The Morgan fingerprint density at radius 3 is 2.43 bits per heavy atom. The smallest absolute Gasteiger partial charge is 0.320 e. The van der Waals surface area contributed by atoms with Crippen LogP contribution in [0.3, 0.4) is 0 Å². The average molecular weight is 652 g/mol. The van der Waals surface area contributed by atoms with Gasteiger partial charge in [-0.3, -0.25) is 4.79 Å². The van der Waals surface area contributed by atoms with E-state index in [1.165, 1.54) is 0 Å². The van der Waals surface area contributed by atoms with Crippen LogP contribution in [0.25, 0.3) is 1.43 Å². The number of hydrogen-bond donors (Lipinski definition) is 3. The number of aliphatic carboxylic acids is 1. The lowest BCUT2D eigenvalue weighted by molar-refractivity contribution is -0.138. The predicted molar refractivity (Wildman–Crippen MR) is 112 cm³/mol. The lowest BCUT2D eigenvalue weighted by Gasteiger charge is -2.12.